The van der Waals surface area contributed by atoms with Crippen LogP contribution in [0.5, 0.6) is 11.5 Å². The maximum atomic E-state index is 13.8. The number of carbonyl (C=O) groups is 2. The highest BCUT2D eigenvalue weighted by Crippen LogP contribution is 2.27. The maximum absolute atomic E-state index is 13.8. The molecule has 0 aromatic heterocycles. The van der Waals surface area contributed by atoms with Crippen LogP contribution < -0.4 is 19.7 Å². The summed E-state index contributed by atoms with van der Waals surface area (Å²) in [6.07, 6.45) is 0. The Kier molecular flexibility index (Phi) is 7.04. The number of amides is 2. The fraction of sp³-hybridized carbons (Fsp3) is 0.167. The van der Waals surface area contributed by atoms with E-state index in [4.69, 9.17) is 9.47 Å². The molecular formula is C24H22F2N2O4. The van der Waals surface area contributed by atoms with Gasteiger partial charge in [0.25, 0.3) is 11.8 Å². The molecular weight excluding hydrogens is 418 g/mol. The van der Waals surface area contributed by atoms with Gasteiger partial charge < -0.3 is 19.7 Å². The Morgan fingerprint density at radius 2 is 1.47 bits per heavy atom. The van der Waals surface area contributed by atoms with Gasteiger partial charge in [0.2, 0.25) is 0 Å². The van der Waals surface area contributed by atoms with Crippen molar-refractivity contribution in [3.8, 4) is 11.5 Å². The van der Waals surface area contributed by atoms with Gasteiger partial charge in [0.15, 0.2) is 0 Å². The van der Waals surface area contributed by atoms with Gasteiger partial charge in [0.1, 0.15) is 23.1 Å². The number of hydrogen-bond donors (Lipinski definition) is 1. The summed E-state index contributed by atoms with van der Waals surface area (Å²) in [7, 11) is 2.78. The van der Waals surface area contributed by atoms with Crippen LogP contribution in [0.25, 0.3) is 0 Å². The number of rotatable bonds is 7. The third kappa shape index (κ3) is 4.85. The van der Waals surface area contributed by atoms with Crippen LogP contribution in [0, 0.1) is 11.6 Å². The van der Waals surface area contributed by atoms with Crippen LogP contribution in [0.15, 0.2) is 60.7 Å². The van der Waals surface area contributed by atoms with E-state index >= 15 is 0 Å². The molecule has 0 saturated heterocycles. The number of nitrogens with one attached hydrogen (secondary N) is 1. The minimum atomic E-state index is -0.573. The summed E-state index contributed by atoms with van der Waals surface area (Å²) in [5.74, 6) is -1.69. The van der Waals surface area contributed by atoms with E-state index in [1.54, 1.807) is 31.2 Å². The number of hydrogen-bond acceptors (Lipinski definition) is 4. The minimum Gasteiger partial charge on any atom is -0.496 e. The highest BCUT2D eigenvalue weighted by atomic mass is 19.1. The number of anilines is 2. The van der Waals surface area contributed by atoms with Gasteiger partial charge in [-0.1, -0.05) is 6.07 Å². The van der Waals surface area contributed by atoms with E-state index in [0.29, 0.717) is 11.4 Å². The molecule has 0 aliphatic carbocycles. The second kappa shape index (κ2) is 9.91. The quantitative estimate of drug-likeness (QED) is 0.567. The van der Waals surface area contributed by atoms with E-state index in [-0.39, 0.29) is 29.2 Å². The van der Waals surface area contributed by atoms with Crippen LogP contribution in [0.3, 0.4) is 0 Å². The first-order valence-electron chi connectivity index (χ1n) is 9.78. The molecule has 0 atom stereocenters. The summed E-state index contributed by atoms with van der Waals surface area (Å²) >= 11 is 0. The molecule has 0 saturated carbocycles. The fourth-order valence-electron chi connectivity index (χ4n) is 3.24. The zero-order valence-electron chi connectivity index (χ0n) is 17.8. The molecule has 0 heterocycles. The zero-order valence-corrected chi connectivity index (χ0v) is 17.8. The molecule has 0 aliphatic rings. The monoisotopic (exact) mass is 440 g/mol. The van der Waals surface area contributed by atoms with Crippen LogP contribution in [0.1, 0.15) is 27.6 Å². The normalized spacial score (nSPS) is 10.4. The molecule has 0 fully saturated rings. The van der Waals surface area contributed by atoms with E-state index in [2.05, 4.69) is 5.32 Å². The third-order valence-electron chi connectivity index (χ3n) is 4.78. The number of methoxy groups -OCH3 is 2. The van der Waals surface area contributed by atoms with E-state index in [1.165, 1.54) is 43.4 Å². The van der Waals surface area contributed by atoms with Gasteiger partial charge in [-0.25, -0.2) is 8.78 Å². The second-order valence-corrected chi connectivity index (χ2v) is 6.74. The molecule has 32 heavy (non-hydrogen) atoms. The van der Waals surface area contributed by atoms with Crippen molar-refractivity contribution in [3.63, 3.8) is 0 Å². The third-order valence-corrected chi connectivity index (χ3v) is 4.78. The zero-order chi connectivity index (χ0) is 23.3. The molecule has 0 bridgehead atoms. The Bertz CT molecular complexity index is 1150. The molecule has 0 spiro atoms. The van der Waals surface area contributed by atoms with Crippen molar-refractivity contribution in [2.75, 3.05) is 31.0 Å². The summed E-state index contributed by atoms with van der Waals surface area (Å²) in [5.41, 5.74) is 0.975. The Hall–Kier alpha value is -3.94. The van der Waals surface area contributed by atoms with Crippen LogP contribution >= 0.6 is 0 Å². The lowest BCUT2D eigenvalue weighted by Gasteiger charge is -2.23. The Morgan fingerprint density at radius 3 is 2.06 bits per heavy atom. The first-order chi connectivity index (χ1) is 15.4. The average molecular weight is 440 g/mol. The van der Waals surface area contributed by atoms with Crippen molar-refractivity contribution < 1.29 is 27.8 Å². The second-order valence-electron chi connectivity index (χ2n) is 6.74. The highest BCUT2D eigenvalue weighted by molar-refractivity contribution is 6.09. The molecule has 166 valence electrons. The first kappa shape index (κ1) is 22.7. The van der Waals surface area contributed by atoms with Gasteiger partial charge >= 0.3 is 0 Å². The molecule has 0 aliphatic heterocycles. The SMILES string of the molecule is CCN(C(=O)c1cc(F)ccc1OC)c1cccc(NC(=O)c2cc(F)ccc2OC)c1. The van der Waals surface area contributed by atoms with Crippen LogP contribution in [-0.2, 0) is 0 Å². The van der Waals surface area contributed by atoms with E-state index in [0.717, 1.165) is 12.1 Å². The number of halogens is 2. The van der Waals surface area contributed by atoms with Gasteiger partial charge in [0, 0.05) is 17.9 Å². The summed E-state index contributed by atoms with van der Waals surface area (Å²) < 4.78 is 37.7. The molecule has 8 heteroatoms. The Labute approximate surface area is 184 Å². The number of carbonyl (C=O) groups excluding carboxylic acids is 2. The Morgan fingerprint density at radius 1 is 0.875 bits per heavy atom. The van der Waals surface area contributed by atoms with Gasteiger partial charge in [-0.05, 0) is 61.5 Å². The molecule has 3 aromatic carbocycles. The fourth-order valence-corrected chi connectivity index (χ4v) is 3.24. The topological polar surface area (TPSA) is 67.9 Å². The molecule has 0 unspecified atom stereocenters. The molecule has 3 aromatic rings. The lowest BCUT2D eigenvalue weighted by molar-refractivity contribution is 0.0983. The lowest BCUT2D eigenvalue weighted by atomic mass is 10.1. The molecule has 0 radical (unpaired) electrons. The first-order valence-corrected chi connectivity index (χ1v) is 9.78. The van der Waals surface area contributed by atoms with E-state index < -0.39 is 23.4 Å². The molecule has 6 nitrogen and oxygen atoms in total. The van der Waals surface area contributed by atoms with Crippen molar-refractivity contribution in [1.82, 2.24) is 0 Å². The smallest absolute Gasteiger partial charge is 0.262 e. The number of ether oxygens (including phenoxy) is 2. The Balaban J connectivity index is 1.89. The van der Waals surface area contributed by atoms with Crippen LogP contribution in [-0.4, -0.2) is 32.6 Å². The van der Waals surface area contributed by atoms with Crippen LogP contribution in [0.2, 0.25) is 0 Å². The van der Waals surface area contributed by atoms with Crippen molar-refractivity contribution in [2.45, 2.75) is 6.92 Å². The summed E-state index contributed by atoms with van der Waals surface area (Å²) in [4.78, 5) is 27.2. The standard InChI is InChI=1S/C24H22F2N2O4/c1-4-28(24(30)20-13-16(26)9-11-22(20)32-3)18-7-5-6-17(14-18)27-23(29)19-12-15(25)8-10-21(19)31-2/h5-14H,4H2,1-3H3,(H,27,29). The summed E-state index contributed by atoms with van der Waals surface area (Å²) in [6.45, 7) is 2.06. The summed E-state index contributed by atoms with van der Waals surface area (Å²) in [5, 5.41) is 2.68. The largest absolute Gasteiger partial charge is 0.496 e. The maximum Gasteiger partial charge on any atom is 0.262 e. The van der Waals surface area contributed by atoms with Crippen molar-refractivity contribution in [3.05, 3.63) is 83.4 Å². The number of nitrogens with zero attached hydrogens (tertiary/aromatic N) is 1. The van der Waals surface area contributed by atoms with Gasteiger partial charge in [0.05, 0.1) is 25.3 Å². The predicted octanol–water partition coefficient (Wildman–Crippen LogP) is 4.90. The molecule has 1 N–H and O–H groups in total. The molecule has 3 rings (SSSR count). The minimum absolute atomic E-state index is 0.0332. The van der Waals surface area contributed by atoms with Crippen LogP contribution in [0.4, 0.5) is 20.2 Å². The van der Waals surface area contributed by atoms with Crippen molar-refractivity contribution in [1.29, 1.82) is 0 Å². The predicted molar refractivity (Wildman–Crippen MR) is 118 cm³/mol. The average Bonchev–Trinajstić information content (AvgIpc) is 2.79. The van der Waals surface area contributed by atoms with E-state index in [9.17, 15) is 18.4 Å². The van der Waals surface area contributed by atoms with Crippen molar-refractivity contribution in [2.24, 2.45) is 0 Å². The van der Waals surface area contributed by atoms with Gasteiger partial charge in [-0.2, -0.15) is 0 Å². The van der Waals surface area contributed by atoms with Gasteiger partial charge in [-0.15, -0.1) is 0 Å². The van der Waals surface area contributed by atoms with Gasteiger partial charge in [-0.3, -0.25) is 9.59 Å². The lowest BCUT2D eigenvalue weighted by Crippen LogP contribution is -2.31. The summed E-state index contributed by atoms with van der Waals surface area (Å²) in [6, 6.07) is 13.9. The van der Waals surface area contributed by atoms with Crippen molar-refractivity contribution >= 4 is 23.2 Å². The highest BCUT2D eigenvalue weighted by Gasteiger charge is 2.21. The number of benzene rings is 3. The molecule has 2 amide bonds. The van der Waals surface area contributed by atoms with E-state index in [1.807, 2.05) is 0 Å².